The Morgan fingerprint density at radius 1 is 1.15 bits per heavy atom. The van der Waals surface area contributed by atoms with Crippen LogP contribution in [0.5, 0.6) is 0 Å². The van der Waals surface area contributed by atoms with Gasteiger partial charge in [0.1, 0.15) is 0 Å². The molecule has 0 spiro atoms. The van der Waals surface area contributed by atoms with Gasteiger partial charge in [0.2, 0.25) is 5.91 Å². The predicted octanol–water partition coefficient (Wildman–Crippen LogP) is 2.07. The van der Waals surface area contributed by atoms with Crippen molar-refractivity contribution >= 4 is 11.9 Å². The fourth-order valence-corrected chi connectivity index (χ4v) is 3.48. The number of guanidine groups is 1. The van der Waals surface area contributed by atoms with E-state index in [2.05, 4.69) is 15.6 Å². The van der Waals surface area contributed by atoms with Gasteiger partial charge >= 0.3 is 6.18 Å². The number of nitrogens with one attached hydrogen (secondary N) is 2. The molecule has 0 unspecified atom stereocenters. The summed E-state index contributed by atoms with van der Waals surface area (Å²) in [5.41, 5.74) is -0.432. The minimum atomic E-state index is -4.17. The quantitative estimate of drug-likeness (QED) is 0.358. The molecule has 0 aromatic heterocycles. The number of alkyl halides is 3. The van der Waals surface area contributed by atoms with Crippen molar-refractivity contribution in [2.24, 2.45) is 10.4 Å². The molecule has 0 radical (unpaired) electrons. The van der Waals surface area contributed by atoms with Crippen molar-refractivity contribution in [3.63, 3.8) is 0 Å². The Morgan fingerprint density at radius 3 is 2.30 bits per heavy atom. The maximum Gasteiger partial charge on any atom is 0.401 e. The van der Waals surface area contributed by atoms with E-state index in [9.17, 15) is 18.0 Å². The number of rotatable bonds is 9. The van der Waals surface area contributed by atoms with Crippen LogP contribution in [0.4, 0.5) is 13.2 Å². The summed E-state index contributed by atoms with van der Waals surface area (Å²) in [5, 5.41) is 6.29. The highest BCUT2D eigenvalue weighted by Crippen LogP contribution is 2.39. The SMILES string of the molecule is CCNC(=NCC1(C(=O)N(C)C)CCCC1)NCCCN(C)CC(F)(F)F. The molecule has 1 aliphatic carbocycles. The molecule has 1 aliphatic rings. The van der Waals surface area contributed by atoms with E-state index in [4.69, 9.17) is 0 Å². The molecule has 0 heterocycles. The van der Waals surface area contributed by atoms with Gasteiger partial charge in [-0.2, -0.15) is 13.2 Å². The third-order valence-electron chi connectivity index (χ3n) is 4.76. The fraction of sp³-hybridized carbons (Fsp3) is 0.889. The van der Waals surface area contributed by atoms with Crippen molar-refractivity contribution in [2.45, 2.75) is 45.2 Å². The van der Waals surface area contributed by atoms with Gasteiger partial charge in [-0.1, -0.05) is 12.8 Å². The Morgan fingerprint density at radius 2 is 1.78 bits per heavy atom. The standard InChI is InChI=1S/C18H34F3N5O/c1-5-22-16(23-11-8-12-26(4)14-18(19,20)21)24-13-17(9-6-7-10-17)15(27)25(2)3/h5-14H2,1-4H3,(H2,22,23,24). The van der Waals surface area contributed by atoms with E-state index < -0.39 is 18.1 Å². The van der Waals surface area contributed by atoms with Gasteiger partial charge in [-0.15, -0.1) is 0 Å². The summed E-state index contributed by atoms with van der Waals surface area (Å²) in [7, 11) is 5.00. The third-order valence-corrected chi connectivity index (χ3v) is 4.76. The second-order valence-corrected chi connectivity index (χ2v) is 7.52. The molecule has 158 valence electrons. The monoisotopic (exact) mass is 393 g/mol. The molecule has 1 fully saturated rings. The Labute approximate surface area is 160 Å². The van der Waals surface area contributed by atoms with Crippen LogP contribution in [0.3, 0.4) is 0 Å². The maximum absolute atomic E-state index is 12.6. The molecule has 0 aromatic rings. The van der Waals surface area contributed by atoms with Crippen LogP contribution >= 0.6 is 0 Å². The van der Waals surface area contributed by atoms with Gasteiger partial charge in [-0.05, 0) is 39.8 Å². The van der Waals surface area contributed by atoms with Crippen molar-refractivity contribution in [3.8, 4) is 0 Å². The maximum atomic E-state index is 12.6. The molecule has 2 N–H and O–H groups in total. The minimum Gasteiger partial charge on any atom is -0.357 e. The number of hydrogen-bond donors (Lipinski definition) is 2. The Kier molecular flexibility index (Phi) is 9.35. The molecular formula is C18H34F3N5O. The molecule has 1 rings (SSSR count). The lowest BCUT2D eigenvalue weighted by molar-refractivity contribution is -0.143. The number of halogens is 3. The van der Waals surface area contributed by atoms with Gasteiger partial charge in [-0.25, -0.2) is 0 Å². The smallest absolute Gasteiger partial charge is 0.357 e. The number of nitrogens with zero attached hydrogens (tertiary/aromatic N) is 3. The normalized spacial score (nSPS) is 17.3. The van der Waals surface area contributed by atoms with Crippen molar-refractivity contribution in [2.75, 3.05) is 53.9 Å². The van der Waals surface area contributed by atoms with Crippen LogP contribution in [0.25, 0.3) is 0 Å². The summed E-state index contributed by atoms with van der Waals surface area (Å²) >= 11 is 0. The highest BCUT2D eigenvalue weighted by Gasteiger charge is 2.42. The lowest BCUT2D eigenvalue weighted by Crippen LogP contribution is -2.43. The zero-order valence-electron chi connectivity index (χ0n) is 17.0. The largest absolute Gasteiger partial charge is 0.401 e. The van der Waals surface area contributed by atoms with Crippen LogP contribution in [0.2, 0.25) is 0 Å². The second-order valence-electron chi connectivity index (χ2n) is 7.52. The zero-order chi connectivity index (χ0) is 20.5. The van der Waals surface area contributed by atoms with E-state index in [1.165, 1.54) is 11.9 Å². The highest BCUT2D eigenvalue weighted by molar-refractivity contribution is 5.84. The first-order valence-corrected chi connectivity index (χ1v) is 9.59. The number of carbonyl (C=O) groups excluding carboxylic acids is 1. The molecule has 0 atom stereocenters. The summed E-state index contributed by atoms with van der Waals surface area (Å²) in [6, 6.07) is 0. The summed E-state index contributed by atoms with van der Waals surface area (Å²) in [4.78, 5) is 20.1. The van der Waals surface area contributed by atoms with Gasteiger partial charge in [0, 0.05) is 27.2 Å². The topological polar surface area (TPSA) is 60.0 Å². The lowest BCUT2D eigenvalue weighted by atomic mass is 9.85. The Hall–Kier alpha value is -1.51. The van der Waals surface area contributed by atoms with Crippen LogP contribution in [0.15, 0.2) is 4.99 Å². The first-order valence-electron chi connectivity index (χ1n) is 9.59. The van der Waals surface area contributed by atoms with Crippen LogP contribution in [-0.2, 0) is 4.79 Å². The van der Waals surface area contributed by atoms with Gasteiger partial charge in [0.25, 0.3) is 0 Å². The number of carbonyl (C=O) groups is 1. The minimum absolute atomic E-state index is 0.119. The van der Waals surface area contributed by atoms with Crippen LogP contribution in [0, 0.1) is 5.41 Å². The van der Waals surface area contributed by atoms with E-state index >= 15 is 0 Å². The average molecular weight is 393 g/mol. The van der Waals surface area contributed by atoms with E-state index in [-0.39, 0.29) is 5.91 Å². The third kappa shape index (κ3) is 8.36. The van der Waals surface area contributed by atoms with E-state index in [0.29, 0.717) is 38.6 Å². The fourth-order valence-electron chi connectivity index (χ4n) is 3.48. The van der Waals surface area contributed by atoms with Crippen molar-refractivity contribution in [3.05, 3.63) is 0 Å². The predicted molar refractivity (Wildman–Crippen MR) is 102 cm³/mol. The molecule has 27 heavy (non-hydrogen) atoms. The van der Waals surface area contributed by atoms with Crippen molar-refractivity contribution in [1.29, 1.82) is 0 Å². The van der Waals surface area contributed by atoms with Crippen molar-refractivity contribution in [1.82, 2.24) is 20.4 Å². The first kappa shape index (κ1) is 23.5. The van der Waals surface area contributed by atoms with Gasteiger partial charge in [0.05, 0.1) is 18.5 Å². The zero-order valence-corrected chi connectivity index (χ0v) is 17.0. The van der Waals surface area contributed by atoms with Gasteiger partial charge < -0.3 is 15.5 Å². The van der Waals surface area contributed by atoms with Gasteiger partial charge in [-0.3, -0.25) is 14.7 Å². The molecule has 1 saturated carbocycles. The van der Waals surface area contributed by atoms with Crippen molar-refractivity contribution < 1.29 is 18.0 Å². The number of amides is 1. The molecule has 0 bridgehead atoms. The molecule has 0 aromatic carbocycles. The molecule has 0 saturated heterocycles. The summed E-state index contributed by atoms with van der Waals surface area (Å²) in [6.07, 6.45) is 0.144. The summed E-state index contributed by atoms with van der Waals surface area (Å²) in [6.45, 7) is 3.00. The first-order chi connectivity index (χ1) is 12.6. The van der Waals surface area contributed by atoms with E-state index in [1.807, 2.05) is 6.92 Å². The second kappa shape index (κ2) is 10.7. The molecular weight excluding hydrogens is 359 g/mol. The Bertz CT molecular complexity index is 488. The van der Waals surface area contributed by atoms with E-state index in [1.54, 1.807) is 19.0 Å². The highest BCUT2D eigenvalue weighted by atomic mass is 19.4. The molecule has 0 aliphatic heterocycles. The lowest BCUT2D eigenvalue weighted by Gasteiger charge is -2.29. The van der Waals surface area contributed by atoms with Crippen LogP contribution < -0.4 is 10.6 Å². The number of aliphatic imine (C=N–C) groups is 1. The summed E-state index contributed by atoms with van der Waals surface area (Å²) < 4.78 is 37.0. The van der Waals surface area contributed by atoms with Crippen LogP contribution in [-0.4, -0.2) is 81.7 Å². The van der Waals surface area contributed by atoms with E-state index in [0.717, 1.165) is 25.7 Å². The molecule has 6 nitrogen and oxygen atoms in total. The molecule has 9 heteroatoms. The summed E-state index contributed by atoms with van der Waals surface area (Å²) in [5.74, 6) is 0.724. The van der Waals surface area contributed by atoms with Crippen LogP contribution in [0.1, 0.15) is 39.0 Å². The number of hydrogen-bond acceptors (Lipinski definition) is 3. The molecule has 1 amide bonds. The Balaban J connectivity index is 2.55. The average Bonchev–Trinajstić information content (AvgIpc) is 3.04. The van der Waals surface area contributed by atoms with Gasteiger partial charge in [0.15, 0.2) is 5.96 Å².